The monoisotopic (exact) mass is 1440 g/mol. The van der Waals surface area contributed by atoms with E-state index in [-0.39, 0.29) is 25.7 Å². The fourth-order valence-corrected chi connectivity index (χ4v) is 13.6. The van der Waals surface area contributed by atoms with Crippen LogP contribution in [0.4, 0.5) is 0 Å². The number of carbonyl (C=O) groups is 4. The minimum absolute atomic E-state index is 0.0954. The van der Waals surface area contributed by atoms with Crippen molar-refractivity contribution in [3.05, 3.63) is 12.2 Å². The van der Waals surface area contributed by atoms with Gasteiger partial charge in [-0.1, -0.05) is 348 Å². The molecule has 0 spiro atoms. The van der Waals surface area contributed by atoms with Gasteiger partial charge in [0, 0.05) is 25.7 Å². The molecule has 0 aliphatic rings. The third kappa shape index (κ3) is 72.2. The van der Waals surface area contributed by atoms with Gasteiger partial charge in [0.05, 0.1) is 26.4 Å². The minimum Gasteiger partial charge on any atom is -0.462 e. The topological polar surface area (TPSA) is 237 Å². The molecule has 0 aromatic carbocycles. The molecule has 0 heterocycles. The molecule has 17 nitrogen and oxygen atoms in total. The van der Waals surface area contributed by atoms with E-state index >= 15 is 0 Å². The predicted octanol–water partition coefficient (Wildman–Crippen LogP) is 23.6. The molecule has 0 amide bonds. The van der Waals surface area contributed by atoms with E-state index in [1.807, 2.05) is 0 Å². The van der Waals surface area contributed by atoms with E-state index < -0.39 is 97.5 Å². The number of aliphatic hydroxyl groups is 1. The summed E-state index contributed by atoms with van der Waals surface area (Å²) in [5.41, 5.74) is 0. The van der Waals surface area contributed by atoms with Gasteiger partial charge in [0.15, 0.2) is 12.2 Å². The first-order chi connectivity index (χ1) is 47.7. The van der Waals surface area contributed by atoms with Gasteiger partial charge in [-0.25, -0.2) is 9.13 Å². The molecule has 0 aromatic heterocycles. The summed E-state index contributed by atoms with van der Waals surface area (Å²) in [6.07, 6.45) is 66.1. The summed E-state index contributed by atoms with van der Waals surface area (Å²) in [6, 6.07) is 0. The molecule has 3 N–H and O–H groups in total. The lowest BCUT2D eigenvalue weighted by atomic mass is 10.0. The molecule has 19 heteroatoms. The second-order valence-electron chi connectivity index (χ2n) is 28.1. The van der Waals surface area contributed by atoms with Gasteiger partial charge < -0.3 is 33.8 Å². The van der Waals surface area contributed by atoms with E-state index in [1.165, 1.54) is 231 Å². The average molecular weight is 1440 g/mol. The molecular formula is C79H152O17P2. The number of rotatable bonds is 79. The number of hydrogen-bond donors (Lipinski definition) is 3. The van der Waals surface area contributed by atoms with Crippen LogP contribution in [0, 0.1) is 0 Å². The van der Waals surface area contributed by atoms with E-state index in [0.29, 0.717) is 25.7 Å². The molecule has 2 unspecified atom stereocenters. The Labute approximate surface area is 600 Å². The highest BCUT2D eigenvalue weighted by atomic mass is 31.2. The number of carbonyl (C=O) groups excluding carboxylic acids is 4. The third-order valence-electron chi connectivity index (χ3n) is 18.3. The van der Waals surface area contributed by atoms with E-state index in [1.54, 1.807) is 0 Å². The molecule has 0 bridgehead atoms. The molecule has 0 fully saturated rings. The number of allylic oxidation sites excluding steroid dienone is 2. The first-order valence-electron chi connectivity index (χ1n) is 40.9. The Hall–Kier alpha value is -2.20. The van der Waals surface area contributed by atoms with Gasteiger partial charge in [-0.15, -0.1) is 0 Å². The van der Waals surface area contributed by atoms with Crippen molar-refractivity contribution in [2.75, 3.05) is 39.6 Å². The summed E-state index contributed by atoms with van der Waals surface area (Å²) in [5.74, 6) is -2.12. The molecule has 0 rings (SSSR count). The number of aliphatic hydroxyl groups excluding tert-OH is 1. The molecular weight excluding hydrogens is 1280 g/mol. The quantitative estimate of drug-likeness (QED) is 0.0169. The van der Waals surface area contributed by atoms with Gasteiger partial charge in [0.2, 0.25) is 0 Å². The Morgan fingerprint density at radius 2 is 0.469 bits per heavy atom. The highest BCUT2D eigenvalue weighted by molar-refractivity contribution is 7.47. The summed E-state index contributed by atoms with van der Waals surface area (Å²) in [5, 5.41) is 10.6. The van der Waals surface area contributed by atoms with Crippen LogP contribution >= 0.6 is 15.6 Å². The van der Waals surface area contributed by atoms with Crippen molar-refractivity contribution in [1.29, 1.82) is 0 Å². The SMILES string of the molecule is CCCCCCCC/C=C\CCCCCCCC(=O)O[C@H](COC(=O)CCCCCCCCCCCCCCCCCCC)COP(=O)(O)OC[C@H](O)COP(=O)(O)OC[C@@H](COC(=O)CCCCCCCCCCCCCCC)OC(=O)CCCCCCCCCCCCCCC. The van der Waals surface area contributed by atoms with Crippen LogP contribution in [0.1, 0.15) is 413 Å². The fourth-order valence-electron chi connectivity index (χ4n) is 12.0. The summed E-state index contributed by atoms with van der Waals surface area (Å²) >= 11 is 0. The van der Waals surface area contributed by atoms with Crippen LogP contribution in [-0.4, -0.2) is 96.7 Å². The lowest BCUT2D eigenvalue weighted by Crippen LogP contribution is -2.30. The second-order valence-corrected chi connectivity index (χ2v) is 31.0. The normalized spacial score (nSPS) is 13.9. The largest absolute Gasteiger partial charge is 0.472 e. The van der Waals surface area contributed by atoms with Gasteiger partial charge in [-0.2, -0.15) is 0 Å². The Bertz CT molecular complexity index is 1910. The zero-order valence-corrected chi connectivity index (χ0v) is 65.3. The van der Waals surface area contributed by atoms with Crippen LogP contribution < -0.4 is 0 Å². The highest BCUT2D eigenvalue weighted by Gasteiger charge is 2.30. The van der Waals surface area contributed by atoms with Crippen LogP contribution in [0.5, 0.6) is 0 Å². The van der Waals surface area contributed by atoms with E-state index in [0.717, 1.165) is 103 Å². The molecule has 0 aliphatic carbocycles. The van der Waals surface area contributed by atoms with Crippen molar-refractivity contribution in [3.63, 3.8) is 0 Å². The number of esters is 4. The van der Waals surface area contributed by atoms with Crippen LogP contribution in [0.15, 0.2) is 12.2 Å². The summed E-state index contributed by atoms with van der Waals surface area (Å²) in [7, 11) is -9.92. The maximum Gasteiger partial charge on any atom is 0.472 e. The molecule has 0 radical (unpaired) electrons. The molecule has 5 atom stereocenters. The van der Waals surface area contributed by atoms with Crippen LogP contribution in [0.3, 0.4) is 0 Å². The fraction of sp³-hybridized carbons (Fsp3) is 0.924. The molecule has 0 saturated carbocycles. The lowest BCUT2D eigenvalue weighted by molar-refractivity contribution is -0.161. The summed E-state index contributed by atoms with van der Waals surface area (Å²) in [6.45, 7) is 4.99. The van der Waals surface area contributed by atoms with Crippen molar-refractivity contribution in [2.24, 2.45) is 0 Å². The zero-order chi connectivity index (χ0) is 71.8. The van der Waals surface area contributed by atoms with Gasteiger partial charge in [0.25, 0.3) is 0 Å². The molecule has 0 aliphatic heterocycles. The Kier molecular flexibility index (Phi) is 71.5. The maximum absolute atomic E-state index is 13.1. The Balaban J connectivity index is 5.27. The smallest absolute Gasteiger partial charge is 0.462 e. The Morgan fingerprint density at radius 1 is 0.276 bits per heavy atom. The van der Waals surface area contributed by atoms with Crippen LogP contribution in [0.25, 0.3) is 0 Å². The van der Waals surface area contributed by atoms with Crippen LogP contribution in [0.2, 0.25) is 0 Å². The molecule has 580 valence electrons. The van der Waals surface area contributed by atoms with Gasteiger partial charge >= 0.3 is 39.5 Å². The lowest BCUT2D eigenvalue weighted by Gasteiger charge is -2.21. The number of unbranched alkanes of at least 4 members (excludes halogenated alkanes) is 51. The standard InChI is InChI=1S/C79H152O17P2/c1-5-9-13-17-21-25-29-33-35-36-38-41-44-48-52-56-60-64-77(82)90-70-75(96-79(84)66-62-58-54-50-46-42-37-34-30-26-22-18-14-10-6-2)72-94-98(87,88)92-68-73(80)67-91-97(85,86)93-71-74(95-78(83)65-61-57-53-49-45-40-32-28-24-20-16-12-8-4)69-89-76(81)63-59-55-51-47-43-39-31-27-23-19-15-11-7-3/h34,37,73-75,80H,5-33,35-36,38-72H2,1-4H3,(H,85,86)(H,87,88)/b37-34-/t73-,74-,75-/m1/s1. The third-order valence-corrected chi connectivity index (χ3v) is 20.2. The van der Waals surface area contributed by atoms with Crippen molar-refractivity contribution in [3.8, 4) is 0 Å². The van der Waals surface area contributed by atoms with Crippen molar-refractivity contribution in [2.45, 2.75) is 431 Å². The number of ether oxygens (including phenoxy) is 4. The van der Waals surface area contributed by atoms with Gasteiger partial charge in [-0.05, 0) is 51.4 Å². The van der Waals surface area contributed by atoms with E-state index in [4.69, 9.17) is 37.0 Å². The highest BCUT2D eigenvalue weighted by Crippen LogP contribution is 2.45. The van der Waals surface area contributed by atoms with Gasteiger partial charge in [-0.3, -0.25) is 37.3 Å². The van der Waals surface area contributed by atoms with Crippen LogP contribution in [-0.2, 0) is 65.4 Å². The van der Waals surface area contributed by atoms with Crippen molar-refractivity contribution < 1.29 is 80.2 Å². The number of phosphoric ester groups is 2. The second kappa shape index (κ2) is 73.1. The number of phosphoric acid groups is 2. The summed E-state index contributed by atoms with van der Waals surface area (Å²) in [4.78, 5) is 73.0. The van der Waals surface area contributed by atoms with Crippen molar-refractivity contribution in [1.82, 2.24) is 0 Å². The predicted molar refractivity (Wildman–Crippen MR) is 400 cm³/mol. The first-order valence-corrected chi connectivity index (χ1v) is 43.9. The number of hydrogen-bond acceptors (Lipinski definition) is 15. The van der Waals surface area contributed by atoms with Gasteiger partial charge in [0.1, 0.15) is 19.3 Å². The summed E-state index contributed by atoms with van der Waals surface area (Å²) < 4.78 is 68.6. The van der Waals surface area contributed by atoms with E-state index in [2.05, 4.69) is 39.8 Å². The Morgan fingerprint density at radius 3 is 0.704 bits per heavy atom. The maximum atomic E-state index is 13.1. The zero-order valence-electron chi connectivity index (χ0n) is 63.5. The van der Waals surface area contributed by atoms with E-state index in [9.17, 15) is 43.2 Å². The molecule has 98 heavy (non-hydrogen) atoms. The average Bonchev–Trinajstić information content (AvgIpc) is 1.02. The minimum atomic E-state index is -4.96. The first kappa shape index (κ1) is 95.8. The molecule has 0 aromatic rings. The van der Waals surface area contributed by atoms with Crippen molar-refractivity contribution >= 4 is 39.5 Å². The molecule has 0 saturated heterocycles.